The predicted octanol–water partition coefficient (Wildman–Crippen LogP) is -0.843. The number of aliphatic hydroxyl groups excluding tert-OH is 3. The monoisotopic (exact) mass is 232 g/mol. The van der Waals surface area contributed by atoms with Crippen molar-refractivity contribution in [2.24, 2.45) is 0 Å². The molecule has 4 N–H and O–H groups in total. The molecule has 0 aliphatic carbocycles. The summed E-state index contributed by atoms with van der Waals surface area (Å²) in [7, 11) is 0. The third-order valence-electron chi connectivity index (χ3n) is 2.47. The molecule has 7 heteroatoms. The summed E-state index contributed by atoms with van der Waals surface area (Å²) in [6.07, 6.45) is -0.501. The van der Waals surface area contributed by atoms with Gasteiger partial charge in [0.05, 0.1) is 6.61 Å². The van der Waals surface area contributed by atoms with Gasteiger partial charge in [0.15, 0.2) is 11.0 Å². The van der Waals surface area contributed by atoms with E-state index in [1.807, 2.05) is 0 Å². The predicted molar refractivity (Wildman–Crippen MR) is 52.6 cm³/mol. The Hall–Kier alpha value is -0.730. The lowest BCUT2D eigenvalue weighted by Crippen LogP contribution is -2.33. The van der Waals surface area contributed by atoms with E-state index in [4.69, 9.17) is 22.1 Å². The lowest BCUT2D eigenvalue weighted by atomic mass is 10.1. The Labute approximate surface area is 90.7 Å². The Balaban J connectivity index is 2.26. The molecule has 4 atom stereocenters. The number of nitrogens with one attached hydrogen (secondary N) is 1. The van der Waals surface area contributed by atoms with Crippen LogP contribution < -0.4 is 0 Å². The van der Waals surface area contributed by atoms with Crippen LogP contribution in [0.15, 0.2) is 12.4 Å². The molecule has 0 amide bonds. The number of ether oxygens (including phenoxy) is 1. The summed E-state index contributed by atoms with van der Waals surface area (Å²) < 4.78 is 7.18. The van der Waals surface area contributed by atoms with Crippen LogP contribution in [0, 0.1) is 4.77 Å². The molecule has 1 aromatic rings. The fourth-order valence-electron chi connectivity index (χ4n) is 1.64. The average Bonchev–Trinajstić information content (AvgIpc) is 2.74. The zero-order valence-electron chi connectivity index (χ0n) is 7.78. The minimum atomic E-state index is -1.10. The smallest absolute Gasteiger partial charge is 0.179 e. The topological polar surface area (TPSA) is 90.6 Å². The Morgan fingerprint density at radius 3 is 2.67 bits per heavy atom. The molecule has 0 unspecified atom stereocenters. The van der Waals surface area contributed by atoms with E-state index >= 15 is 0 Å². The van der Waals surface area contributed by atoms with Crippen LogP contribution in [0.5, 0.6) is 0 Å². The number of H-pyrrole nitrogens is 1. The number of hydrogen-bond donors (Lipinski definition) is 4. The third-order valence-corrected chi connectivity index (χ3v) is 2.80. The number of aromatic nitrogens is 2. The van der Waals surface area contributed by atoms with Crippen LogP contribution in [0.25, 0.3) is 0 Å². The van der Waals surface area contributed by atoms with Crippen molar-refractivity contribution in [1.29, 1.82) is 0 Å². The number of imidazole rings is 1. The van der Waals surface area contributed by atoms with Gasteiger partial charge in [-0.15, -0.1) is 0 Å². The molecule has 6 nitrogen and oxygen atoms in total. The molecule has 2 rings (SSSR count). The minimum absolute atomic E-state index is 0.341. The summed E-state index contributed by atoms with van der Waals surface area (Å²) in [6.45, 7) is -0.341. The summed E-state index contributed by atoms with van der Waals surface area (Å²) in [5.41, 5.74) is 0. The minimum Gasteiger partial charge on any atom is -0.394 e. The molecule has 15 heavy (non-hydrogen) atoms. The Morgan fingerprint density at radius 1 is 1.47 bits per heavy atom. The number of rotatable bonds is 2. The molecular formula is C8H12N2O4S. The van der Waals surface area contributed by atoms with Crippen LogP contribution in [0.1, 0.15) is 6.23 Å². The van der Waals surface area contributed by atoms with Crippen LogP contribution in [-0.2, 0) is 4.74 Å². The number of nitrogens with zero attached hydrogens (tertiary/aromatic N) is 1. The summed E-state index contributed by atoms with van der Waals surface area (Å²) in [5.74, 6) is 0. The SMILES string of the molecule is OC[C@@H]1O[C@@H](n2cc[nH]c2=S)[C@H](O)[C@@H]1O. The van der Waals surface area contributed by atoms with Crippen molar-refractivity contribution >= 4 is 12.2 Å². The van der Waals surface area contributed by atoms with E-state index in [1.54, 1.807) is 12.4 Å². The molecule has 84 valence electrons. The molecule has 0 bridgehead atoms. The normalized spacial score (nSPS) is 35.9. The highest BCUT2D eigenvalue weighted by atomic mass is 32.1. The van der Waals surface area contributed by atoms with Crippen LogP contribution in [0.2, 0.25) is 0 Å². The second-order valence-corrected chi connectivity index (χ2v) is 3.79. The van der Waals surface area contributed by atoms with Crippen molar-refractivity contribution in [3.05, 3.63) is 17.2 Å². The first-order valence-corrected chi connectivity index (χ1v) is 4.94. The second kappa shape index (κ2) is 4.03. The molecule has 1 fully saturated rings. The van der Waals surface area contributed by atoms with E-state index in [-0.39, 0.29) is 6.61 Å². The first-order valence-electron chi connectivity index (χ1n) is 4.53. The van der Waals surface area contributed by atoms with Crippen LogP contribution in [-0.4, -0.2) is 49.8 Å². The van der Waals surface area contributed by atoms with Gasteiger partial charge in [-0.3, -0.25) is 4.57 Å². The molecule has 0 radical (unpaired) electrons. The van der Waals surface area contributed by atoms with Crippen molar-refractivity contribution in [2.75, 3.05) is 6.61 Å². The van der Waals surface area contributed by atoms with Gasteiger partial charge in [-0.05, 0) is 12.2 Å². The maximum absolute atomic E-state index is 9.69. The standard InChI is InChI=1S/C8H12N2O4S/c11-3-4-5(12)6(13)7(14-4)10-2-1-9-8(10)15/h1-2,4-7,11-13H,3H2,(H,9,15)/t4-,5+,6+,7+/m0/s1. The van der Waals surface area contributed by atoms with E-state index in [2.05, 4.69) is 4.98 Å². The average molecular weight is 232 g/mol. The van der Waals surface area contributed by atoms with Gasteiger partial charge < -0.3 is 25.0 Å². The molecule has 1 aliphatic heterocycles. The molecule has 1 saturated heterocycles. The zero-order chi connectivity index (χ0) is 11.0. The number of aromatic amines is 1. The highest BCUT2D eigenvalue weighted by Crippen LogP contribution is 2.29. The van der Waals surface area contributed by atoms with Crippen molar-refractivity contribution < 1.29 is 20.1 Å². The largest absolute Gasteiger partial charge is 0.394 e. The summed E-state index contributed by atoms with van der Waals surface area (Å²) in [5, 5.41) is 28.1. The van der Waals surface area contributed by atoms with Crippen molar-refractivity contribution in [3.8, 4) is 0 Å². The van der Waals surface area contributed by atoms with E-state index in [0.29, 0.717) is 4.77 Å². The van der Waals surface area contributed by atoms with Crippen LogP contribution in [0.4, 0.5) is 0 Å². The summed E-state index contributed by atoms with van der Waals surface area (Å²) >= 11 is 4.96. The molecule has 0 spiro atoms. The fraction of sp³-hybridized carbons (Fsp3) is 0.625. The molecule has 0 saturated carbocycles. The first-order chi connectivity index (χ1) is 7.15. The zero-order valence-corrected chi connectivity index (χ0v) is 8.59. The van der Waals surface area contributed by atoms with Crippen molar-refractivity contribution in [1.82, 2.24) is 9.55 Å². The van der Waals surface area contributed by atoms with Crippen LogP contribution >= 0.6 is 12.2 Å². The van der Waals surface area contributed by atoms with Crippen LogP contribution in [0.3, 0.4) is 0 Å². The molecule has 1 aromatic heterocycles. The highest BCUT2D eigenvalue weighted by molar-refractivity contribution is 7.71. The summed E-state index contributed by atoms with van der Waals surface area (Å²) in [4.78, 5) is 2.76. The number of aliphatic hydroxyl groups is 3. The van der Waals surface area contributed by atoms with E-state index in [1.165, 1.54) is 4.57 Å². The first kappa shape index (κ1) is 10.8. The van der Waals surface area contributed by atoms with Gasteiger partial charge in [0.25, 0.3) is 0 Å². The maximum atomic E-state index is 9.69. The molecule has 1 aliphatic rings. The van der Waals surface area contributed by atoms with Gasteiger partial charge in [-0.1, -0.05) is 0 Å². The van der Waals surface area contributed by atoms with Crippen molar-refractivity contribution in [3.63, 3.8) is 0 Å². The quantitative estimate of drug-likeness (QED) is 0.499. The third kappa shape index (κ3) is 1.72. The second-order valence-electron chi connectivity index (χ2n) is 3.40. The van der Waals surface area contributed by atoms with Gasteiger partial charge in [-0.25, -0.2) is 0 Å². The van der Waals surface area contributed by atoms with E-state index < -0.39 is 24.5 Å². The molecule has 0 aromatic carbocycles. The lowest BCUT2D eigenvalue weighted by molar-refractivity contribution is -0.0534. The van der Waals surface area contributed by atoms with Gasteiger partial charge in [0.2, 0.25) is 0 Å². The van der Waals surface area contributed by atoms with E-state index in [9.17, 15) is 10.2 Å². The molecule has 2 heterocycles. The van der Waals surface area contributed by atoms with Gasteiger partial charge in [0, 0.05) is 12.4 Å². The Bertz CT molecular complexity index is 390. The van der Waals surface area contributed by atoms with Gasteiger partial charge in [0.1, 0.15) is 18.3 Å². The lowest BCUT2D eigenvalue weighted by Gasteiger charge is -2.15. The number of hydrogen-bond acceptors (Lipinski definition) is 5. The fourth-order valence-corrected chi connectivity index (χ4v) is 1.87. The summed E-state index contributed by atoms with van der Waals surface area (Å²) in [6, 6.07) is 0. The van der Waals surface area contributed by atoms with Gasteiger partial charge >= 0.3 is 0 Å². The van der Waals surface area contributed by atoms with Crippen molar-refractivity contribution in [2.45, 2.75) is 24.5 Å². The Morgan fingerprint density at radius 2 is 2.20 bits per heavy atom. The van der Waals surface area contributed by atoms with E-state index in [0.717, 1.165) is 0 Å². The molecular weight excluding hydrogens is 220 g/mol. The maximum Gasteiger partial charge on any atom is 0.179 e. The van der Waals surface area contributed by atoms with Gasteiger partial charge in [-0.2, -0.15) is 0 Å². The highest BCUT2D eigenvalue weighted by Gasteiger charge is 2.43. The Kier molecular flexibility index (Phi) is 2.89.